The molecular formula is C23H35N3O2. The Balaban J connectivity index is 1.31. The van der Waals surface area contributed by atoms with Crippen molar-refractivity contribution in [2.75, 3.05) is 39.3 Å². The van der Waals surface area contributed by atoms with E-state index in [1.54, 1.807) is 0 Å². The zero-order valence-corrected chi connectivity index (χ0v) is 17.3. The van der Waals surface area contributed by atoms with Gasteiger partial charge in [0.05, 0.1) is 12.6 Å². The Labute approximate surface area is 169 Å². The number of rotatable bonds is 7. The molecule has 0 saturated carbocycles. The van der Waals surface area contributed by atoms with Gasteiger partial charge in [0.25, 0.3) is 0 Å². The van der Waals surface area contributed by atoms with Crippen LogP contribution in [0.1, 0.15) is 51.0 Å². The number of carbonyl (C=O) groups excluding carboxylic acids is 1. The van der Waals surface area contributed by atoms with Gasteiger partial charge in [0, 0.05) is 37.8 Å². The van der Waals surface area contributed by atoms with E-state index < -0.39 is 0 Å². The largest absolute Gasteiger partial charge is 0.493 e. The molecule has 2 atom stereocenters. The molecule has 3 heterocycles. The summed E-state index contributed by atoms with van der Waals surface area (Å²) in [6, 6.07) is 8.72. The third-order valence-corrected chi connectivity index (χ3v) is 6.68. The van der Waals surface area contributed by atoms with Gasteiger partial charge in [-0.05, 0) is 58.2 Å². The van der Waals surface area contributed by atoms with E-state index in [-0.39, 0.29) is 6.04 Å². The van der Waals surface area contributed by atoms with E-state index in [9.17, 15) is 4.79 Å². The number of hydrogen-bond donors (Lipinski definition) is 0. The normalized spacial score (nSPS) is 26.5. The average Bonchev–Trinajstić information content (AvgIpc) is 3.20. The van der Waals surface area contributed by atoms with Crippen molar-refractivity contribution in [3.8, 4) is 5.75 Å². The first-order valence-corrected chi connectivity index (χ1v) is 11.2. The van der Waals surface area contributed by atoms with Crippen molar-refractivity contribution >= 4 is 5.91 Å². The standard InChI is InChI=1S/C23H35N3O2/c1-19-23(27)26-15-7-10-21(26)18-25(19)17-20-9-3-4-11-22(20)28-16-8-14-24-12-5-2-6-13-24/h3-4,9,11,19,21H,2,5-8,10,12-18H2,1H3/t19-,21+/m0/s1. The summed E-state index contributed by atoms with van der Waals surface area (Å²) in [5.41, 5.74) is 1.20. The Bertz CT molecular complexity index is 659. The molecule has 3 fully saturated rings. The molecule has 28 heavy (non-hydrogen) atoms. The lowest BCUT2D eigenvalue weighted by Gasteiger charge is -2.41. The van der Waals surface area contributed by atoms with Crippen LogP contribution in [0.25, 0.3) is 0 Å². The van der Waals surface area contributed by atoms with Crippen LogP contribution in [0.2, 0.25) is 0 Å². The van der Waals surface area contributed by atoms with E-state index in [1.165, 1.54) is 37.9 Å². The van der Waals surface area contributed by atoms with Gasteiger partial charge < -0.3 is 14.5 Å². The van der Waals surface area contributed by atoms with Crippen LogP contribution in [-0.4, -0.2) is 72.0 Å². The average molecular weight is 386 g/mol. The number of para-hydroxylation sites is 1. The van der Waals surface area contributed by atoms with E-state index in [0.717, 1.165) is 57.8 Å². The molecule has 0 bridgehead atoms. The molecule has 0 aliphatic carbocycles. The minimum atomic E-state index is -0.0403. The third kappa shape index (κ3) is 4.52. The second kappa shape index (κ2) is 9.27. The first kappa shape index (κ1) is 19.7. The number of nitrogens with zero attached hydrogens (tertiary/aromatic N) is 3. The molecule has 4 rings (SSSR count). The number of carbonyl (C=O) groups is 1. The molecule has 3 aliphatic heterocycles. The molecule has 0 N–H and O–H groups in total. The van der Waals surface area contributed by atoms with Crippen LogP contribution in [-0.2, 0) is 11.3 Å². The fraction of sp³-hybridized carbons (Fsp3) is 0.696. The monoisotopic (exact) mass is 385 g/mol. The number of fused-ring (bicyclic) bond motifs is 1. The maximum atomic E-state index is 12.7. The Morgan fingerprint density at radius 3 is 2.75 bits per heavy atom. The molecule has 5 heteroatoms. The van der Waals surface area contributed by atoms with Gasteiger partial charge in [-0.1, -0.05) is 24.6 Å². The second-order valence-electron chi connectivity index (χ2n) is 8.65. The van der Waals surface area contributed by atoms with Crippen molar-refractivity contribution in [3.05, 3.63) is 29.8 Å². The highest BCUT2D eigenvalue weighted by atomic mass is 16.5. The number of ether oxygens (including phenoxy) is 1. The van der Waals surface area contributed by atoms with Gasteiger partial charge in [0.1, 0.15) is 5.75 Å². The number of benzene rings is 1. The molecule has 1 aromatic rings. The van der Waals surface area contributed by atoms with Crippen molar-refractivity contribution in [3.63, 3.8) is 0 Å². The van der Waals surface area contributed by atoms with Crippen molar-refractivity contribution in [1.29, 1.82) is 0 Å². The van der Waals surface area contributed by atoms with Crippen LogP contribution in [0.4, 0.5) is 0 Å². The maximum absolute atomic E-state index is 12.7. The van der Waals surface area contributed by atoms with Crippen molar-refractivity contribution in [2.24, 2.45) is 0 Å². The number of amides is 1. The lowest BCUT2D eigenvalue weighted by molar-refractivity contribution is -0.143. The number of likely N-dealkylation sites (tertiary alicyclic amines) is 1. The summed E-state index contributed by atoms with van der Waals surface area (Å²) in [7, 11) is 0. The van der Waals surface area contributed by atoms with Gasteiger partial charge in [-0.25, -0.2) is 0 Å². The fourth-order valence-corrected chi connectivity index (χ4v) is 4.99. The Kier molecular flexibility index (Phi) is 6.53. The van der Waals surface area contributed by atoms with E-state index in [0.29, 0.717) is 11.9 Å². The topological polar surface area (TPSA) is 36.0 Å². The van der Waals surface area contributed by atoms with Gasteiger partial charge in [-0.2, -0.15) is 0 Å². The second-order valence-corrected chi connectivity index (χ2v) is 8.65. The molecule has 1 amide bonds. The summed E-state index contributed by atoms with van der Waals surface area (Å²) in [4.78, 5) is 19.7. The molecule has 5 nitrogen and oxygen atoms in total. The van der Waals surface area contributed by atoms with E-state index in [1.807, 2.05) is 6.07 Å². The first-order chi connectivity index (χ1) is 13.7. The molecule has 0 unspecified atom stereocenters. The number of piperazine rings is 1. The minimum absolute atomic E-state index is 0.0403. The molecule has 0 radical (unpaired) electrons. The summed E-state index contributed by atoms with van der Waals surface area (Å²) in [6.07, 6.45) is 7.43. The minimum Gasteiger partial charge on any atom is -0.493 e. The van der Waals surface area contributed by atoms with Crippen molar-refractivity contribution in [2.45, 2.75) is 64.1 Å². The van der Waals surface area contributed by atoms with Gasteiger partial charge >= 0.3 is 0 Å². The zero-order valence-electron chi connectivity index (χ0n) is 17.3. The molecule has 3 aliphatic rings. The number of piperidine rings is 1. The Morgan fingerprint density at radius 1 is 1.07 bits per heavy atom. The van der Waals surface area contributed by atoms with Crippen LogP contribution in [0.5, 0.6) is 5.75 Å². The Morgan fingerprint density at radius 2 is 1.89 bits per heavy atom. The van der Waals surface area contributed by atoms with Crippen molar-refractivity contribution in [1.82, 2.24) is 14.7 Å². The van der Waals surface area contributed by atoms with Crippen LogP contribution in [0, 0.1) is 0 Å². The van der Waals surface area contributed by atoms with Crippen LogP contribution in [0.15, 0.2) is 24.3 Å². The molecule has 1 aromatic carbocycles. The predicted molar refractivity (Wildman–Crippen MR) is 111 cm³/mol. The van der Waals surface area contributed by atoms with Crippen LogP contribution < -0.4 is 4.74 Å². The summed E-state index contributed by atoms with van der Waals surface area (Å²) in [6.45, 7) is 9.16. The zero-order chi connectivity index (χ0) is 19.3. The van der Waals surface area contributed by atoms with Gasteiger partial charge in [0.15, 0.2) is 0 Å². The highest BCUT2D eigenvalue weighted by Gasteiger charge is 2.40. The predicted octanol–water partition coefficient (Wildman–Crippen LogP) is 3.14. The van der Waals surface area contributed by atoms with E-state index in [2.05, 4.69) is 39.8 Å². The molecular weight excluding hydrogens is 350 g/mol. The molecule has 0 spiro atoms. The van der Waals surface area contributed by atoms with Gasteiger partial charge in [-0.15, -0.1) is 0 Å². The fourth-order valence-electron chi connectivity index (χ4n) is 4.99. The smallest absolute Gasteiger partial charge is 0.239 e. The van der Waals surface area contributed by atoms with Gasteiger partial charge in [0.2, 0.25) is 5.91 Å². The Hall–Kier alpha value is -1.59. The van der Waals surface area contributed by atoms with Gasteiger partial charge in [-0.3, -0.25) is 9.69 Å². The first-order valence-electron chi connectivity index (χ1n) is 11.2. The summed E-state index contributed by atoms with van der Waals surface area (Å²) < 4.78 is 6.17. The summed E-state index contributed by atoms with van der Waals surface area (Å²) in [5.74, 6) is 1.28. The third-order valence-electron chi connectivity index (χ3n) is 6.68. The van der Waals surface area contributed by atoms with Crippen LogP contribution >= 0.6 is 0 Å². The van der Waals surface area contributed by atoms with E-state index >= 15 is 0 Å². The number of hydrogen-bond acceptors (Lipinski definition) is 4. The lowest BCUT2D eigenvalue weighted by atomic mass is 10.1. The quantitative estimate of drug-likeness (QED) is 0.676. The van der Waals surface area contributed by atoms with Crippen LogP contribution in [0.3, 0.4) is 0 Å². The van der Waals surface area contributed by atoms with E-state index in [4.69, 9.17) is 4.74 Å². The van der Waals surface area contributed by atoms with Crippen molar-refractivity contribution < 1.29 is 9.53 Å². The lowest BCUT2D eigenvalue weighted by Crippen LogP contribution is -2.58. The SMILES string of the molecule is C[C@H]1C(=O)N2CCC[C@@H]2CN1Cc1ccccc1OCCCN1CCCCC1. The molecule has 0 aromatic heterocycles. The molecule has 154 valence electrons. The maximum Gasteiger partial charge on any atom is 0.239 e. The summed E-state index contributed by atoms with van der Waals surface area (Å²) in [5, 5.41) is 0. The summed E-state index contributed by atoms with van der Waals surface area (Å²) >= 11 is 0. The highest BCUT2D eigenvalue weighted by Crippen LogP contribution is 2.28. The molecule has 3 saturated heterocycles. The highest BCUT2D eigenvalue weighted by molar-refractivity contribution is 5.83.